The van der Waals surface area contributed by atoms with Crippen LogP contribution in [0.25, 0.3) is 0 Å². The van der Waals surface area contributed by atoms with Crippen LogP contribution in [0, 0.1) is 0 Å². The summed E-state index contributed by atoms with van der Waals surface area (Å²) in [5.41, 5.74) is 0.319. The second-order valence-electron chi connectivity index (χ2n) is 6.29. The van der Waals surface area contributed by atoms with Gasteiger partial charge in [-0.15, -0.1) is 0 Å². The highest BCUT2D eigenvalue weighted by molar-refractivity contribution is 4.88. The van der Waals surface area contributed by atoms with Gasteiger partial charge in [-0.3, -0.25) is 9.80 Å². The number of hydrogen-bond donors (Lipinski definition) is 1. The van der Waals surface area contributed by atoms with Gasteiger partial charge in [-0.05, 0) is 34.0 Å². The van der Waals surface area contributed by atoms with Gasteiger partial charge in [-0.2, -0.15) is 0 Å². The third kappa shape index (κ3) is 5.78. The monoisotopic (exact) mass is 270 g/mol. The number of nitrogens with one attached hydrogen (secondary N) is 1. The van der Waals surface area contributed by atoms with E-state index in [0.717, 1.165) is 26.2 Å². The Morgan fingerprint density at radius 3 is 2.37 bits per heavy atom. The summed E-state index contributed by atoms with van der Waals surface area (Å²) < 4.78 is 0. The van der Waals surface area contributed by atoms with E-state index in [1.807, 2.05) is 0 Å². The number of hydrogen-bond acceptors (Lipinski definition) is 4. The number of likely N-dealkylation sites (N-methyl/N-ethyl adjacent to an activating group) is 2. The normalized spacial score (nSPS) is 21.2. The van der Waals surface area contributed by atoms with Crippen molar-refractivity contribution in [2.75, 3.05) is 66.0 Å². The van der Waals surface area contributed by atoms with E-state index >= 15 is 0 Å². The van der Waals surface area contributed by atoms with Crippen LogP contribution >= 0.6 is 0 Å². The second-order valence-corrected chi connectivity index (χ2v) is 6.29. The van der Waals surface area contributed by atoms with E-state index in [4.69, 9.17) is 0 Å². The number of piperazine rings is 1. The first-order chi connectivity index (χ1) is 8.99. The fourth-order valence-corrected chi connectivity index (χ4v) is 2.67. The van der Waals surface area contributed by atoms with Gasteiger partial charge in [0.25, 0.3) is 0 Å². The SMILES string of the molecule is CCN(CC)CCNCCN1CCN(C)C(C)(C)C1. The molecule has 114 valence electrons. The Balaban J connectivity index is 2.10. The summed E-state index contributed by atoms with van der Waals surface area (Å²) in [6, 6.07) is 0. The highest BCUT2D eigenvalue weighted by Gasteiger charge is 2.30. The molecule has 0 unspecified atom stereocenters. The minimum atomic E-state index is 0.319. The Kier molecular flexibility index (Phi) is 7.29. The fraction of sp³-hybridized carbons (Fsp3) is 1.00. The van der Waals surface area contributed by atoms with Gasteiger partial charge in [0, 0.05) is 51.4 Å². The fourth-order valence-electron chi connectivity index (χ4n) is 2.67. The topological polar surface area (TPSA) is 21.8 Å². The predicted molar refractivity (Wildman–Crippen MR) is 83.8 cm³/mol. The molecule has 0 bridgehead atoms. The lowest BCUT2D eigenvalue weighted by molar-refractivity contribution is 0.0407. The van der Waals surface area contributed by atoms with Crippen LogP contribution in [-0.4, -0.2) is 86.2 Å². The highest BCUT2D eigenvalue weighted by Crippen LogP contribution is 2.18. The zero-order valence-corrected chi connectivity index (χ0v) is 13.7. The third-order valence-corrected chi connectivity index (χ3v) is 4.50. The van der Waals surface area contributed by atoms with E-state index in [-0.39, 0.29) is 0 Å². The molecule has 1 aliphatic rings. The van der Waals surface area contributed by atoms with Crippen molar-refractivity contribution in [2.24, 2.45) is 0 Å². The molecule has 4 heteroatoms. The quantitative estimate of drug-likeness (QED) is 0.663. The van der Waals surface area contributed by atoms with Crippen LogP contribution in [0.4, 0.5) is 0 Å². The molecule has 1 rings (SSSR count). The van der Waals surface area contributed by atoms with Crippen LogP contribution in [-0.2, 0) is 0 Å². The van der Waals surface area contributed by atoms with Gasteiger partial charge in [0.15, 0.2) is 0 Å². The molecule has 1 aliphatic heterocycles. The van der Waals surface area contributed by atoms with Crippen LogP contribution in [0.1, 0.15) is 27.7 Å². The molecule has 0 saturated carbocycles. The summed E-state index contributed by atoms with van der Waals surface area (Å²) in [6.07, 6.45) is 0. The van der Waals surface area contributed by atoms with E-state index in [1.165, 1.54) is 32.7 Å². The molecule has 0 atom stereocenters. The minimum Gasteiger partial charge on any atom is -0.314 e. The van der Waals surface area contributed by atoms with Crippen molar-refractivity contribution >= 4 is 0 Å². The second kappa shape index (κ2) is 8.20. The first kappa shape index (κ1) is 16.9. The molecule has 0 radical (unpaired) electrons. The zero-order valence-electron chi connectivity index (χ0n) is 13.7. The summed E-state index contributed by atoms with van der Waals surface area (Å²) in [7, 11) is 2.24. The third-order valence-electron chi connectivity index (χ3n) is 4.50. The smallest absolute Gasteiger partial charge is 0.0277 e. The van der Waals surface area contributed by atoms with Gasteiger partial charge in [-0.1, -0.05) is 13.8 Å². The van der Waals surface area contributed by atoms with Crippen molar-refractivity contribution in [1.29, 1.82) is 0 Å². The van der Waals surface area contributed by atoms with Gasteiger partial charge in [0.1, 0.15) is 0 Å². The van der Waals surface area contributed by atoms with Crippen molar-refractivity contribution in [1.82, 2.24) is 20.0 Å². The van der Waals surface area contributed by atoms with E-state index in [9.17, 15) is 0 Å². The number of rotatable bonds is 8. The highest BCUT2D eigenvalue weighted by atomic mass is 15.3. The lowest BCUT2D eigenvalue weighted by atomic mass is 10.00. The summed E-state index contributed by atoms with van der Waals surface area (Å²) in [4.78, 5) is 7.52. The molecule has 0 spiro atoms. The number of nitrogens with zero attached hydrogens (tertiary/aromatic N) is 3. The molecule has 1 heterocycles. The van der Waals surface area contributed by atoms with Crippen molar-refractivity contribution < 1.29 is 0 Å². The lowest BCUT2D eigenvalue weighted by Gasteiger charge is -2.45. The van der Waals surface area contributed by atoms with Crippen LogP contribution in [0.3, 0.4) is 0 Å². The van der Waals surface area contributed by atoms with E-state index in [0.29, 0.717) is 5.54 Å². The lowest BCUT2D eigenvalue weighted by Crippen LogP contribution is -2.58. The molecule has 1 N–H and O–H groups in total. The molecule has 0 amide bonds. The average Bonchev–Trinajstić information content (AvgIpc) is 2.38. The van der Waals surface area contributed by atoms with Crippen LogP contribution in [0.5, 0.6) is 0 Å². The predicted octanol–water partition coefficient (Wildman–Crippen LogP) is 0.944. The molecular weight excluding hydrogens is 236 g/mol. The Hall–Kier alpha value is -0.160. The van der Waals surface area contributed by atoms with E-state index in [1.54, 1.807) is 0 Å². The van der Waals surface area contributed by atoms with Crippen LogP contribution in [0.15, 0.2) is 0 Å². The first-order valence-electron chi connectivity index (χ1n) is 7.86. The largest absolute Gasteiger partial charge is 0.314 e. The Morgan fingerprint density at radius 1 is 1.11 bits per heavy atom. The maximum absolute atomic E-state index is 3.57. The van der Waals surface area contributed by atoms with Gasteiger partial charge in [0.05, 0.1) is 0 Å². The van der Waals surface area contributed by atoms with Gasteiger partial charge < -0.3 is 10.2 Å². The van der Waals surface area contributed by atoms with Crippen LogP contribution in [0.2, 0.25) is 0 Å². The van der Waals surface area contributed by atoms with Crippen molar-refractivity contribution in [3.63, 3.8) is 0 Å². The molecule has 0 aliphatic carbocycles. The van der Waals surface area contributed by atoms with Crippen molar-refractivity contribution in [3.8, 4) is 0 Å². The molecular formula is C15H34N4. The van der Waals surface area contributed by atoms with E-state index < -0.39 is 0 Å². The van der Waals surface area contributed by atoms with E-state index in [2.05, 4.69) is 54.8 Å². The Bertz CT molecular complexity index is 238. The molecule has 1 saturated heterocycles. The van der Waals surface area contributed by atoms with Crippen molar-refractivity contribution in [2.45, 2.75) is 33.2 Å². The molecule has 0 aromatic carbocycles. The molecule has 19 heavy (non-hydrogen) atoms. The average molecular weight is 270 g/mol. The summed E-state index contributed by atoms with van der Waals surface area (Å²) in [6.45, 7) is 19.6. The Morgan fingerprint density at radius 2 is 1.79 bits per heavy atom. The minimum absolute atomic E-state index is 0.319. The molecule has 0 aromatic heterocycles. The van der Waals surface area contributed by atoms with Crippen LogP contribution < -0.4 is 5.32 Å². The summed E-state index contributed by atoms with van der Waals surface area (Å²) >= 11 is 0. The van der Waals surface area contributed by atoms with Crippen molar-refractivity contribution in [3.05, 3.63) is 0 Å². The molecule has 0 aromatic rings. The summed E-state index contributed by atoms with van der Waals surface area (Å²) in [5, 5.41) is 3.57. The standard InChI is InChI=1S/C15H34N4/c1-6-18(7-2)10-8-16-9-11-19-13-12-17(5)15(3,4)14-19/h16H,6-14H2,1-5H3. The maximum Gasteiger partial charge on any atom is 0.0277 e. The molecule has 4 nitrogen and oxygen atoms in total. The van der Waals surface area contributed by atoms with Gasteiger partial charge >= 0.3 is 0 Å². The van der Waals surface area contributed by atoms with Gasteiger partial charge in [0.2, 0.25) is 0 Å². The summed E-state index contributed by atoms with van der Waals surface area (Å²) in [5.74, 6) is 0. The zero-order chi connectivity index (χ0) is 14.3. The maximum atomic E-state index is 3.57. The Labute approximate surface area is 120 Å². The van der Waals surface area contributed by atoms with Gasteiger partial charge in [-0.25, -0.2) is 0 Å². The first-order valence-corrected chi connectivity index (χ1v) is 7.86. The molecule has 1 fully saturated rings.